The lowest BCUT2D eigenvalue weighted by molar-refractivity contribution is 0.437. The standard InChI is InChI=1S/C9H16N4/c1-7-3-11-4-9(7)13-5-8(2-10)12-6-13/h5-7,9,11H,2-4,10H2,1H3. The molecule has 1 aromatic heterocycles. The fraction of sp³-hybridized carbons (Fsp3) is 0.667. The van der Waals surface area contributed by atoms with Crippen molar-refractivity contribution in [3.05, 3.63) is 18.2 Å². The first-order valence-corrected chi connectivity index (χ1v) is 4.74. The molecule has 0 spiro atoms. The van der Waals surface area contributed by atoms with Gasteiger partial charge in [0.25, 0.3) is 0 Å². The molecule has 1 aliphatic rings. The van der Waals surface area contributed by atoms with E-state index in [2.05, 4.69) is 21.8 Å². The lowest BCUT2D eigenvalue weighted by Crippen LogP contribution is -2.14. The van der Waals surface area contributed by atoms with Crippen LogP contribution in [0.1, 0.15) is 18.7 Å². The van der Waals surface area contributed by atoms with Crippen molar-refractivity contribution in [2.75, 3.05) is 13.1 Å². The molecule has 0 bridgehead atoms. The van der Waals surface area contributed by atoms with E-state index >= 15 is 0 Å². The maximum Gasteiger partial charge on any atom is 0.0953 e. The van der Waals surface area contributed by atoms with E-state index in [1.807, 2.05) is 12.5 Å². The predicted octanol–water partition coefficient (Wildman–Crippen LogP) is 0.122. The second kappa shape index (κ2) is 3.47. The first kappa shape index (κ1) is 8.72. The molecule has 72 valence electrons. The predicted molar refractivity (Wildman–Crippen MR) is 51.2 cm³/mol. The Bertz CT molecular complexity index is 281. The highest BCUT2D eigenvalue weighted by molar-refractivity contribution is 4.99. The summed E-state index contributed by atoms with van der Waals surface area (Å²) in [4.78, 5) is 4.22. The fourth-order valence-electron chi connectivity index (χ4n) is 1.86. The lowest BCUT2D eigenvalue weighted by Gasteiger charge is -2.14. The molecule has 0 saturated carbocycles. The van der Waals surface area contributed by atoms with Gasteiger partial charge in [0.2, 0.25) is 0 Å². The Kier molecular flexibility index (Phi) is 2.33. The summed E-state index contributed by atoms with van der Waals surface area (Å²) in [6.45, 7) is 4.93. The molecule has 2 rings (SSSR count). The van der Waals surface area contributed by atoms with Crippen molar-refractivity contribution in [3.63, 3.8) is 0 Å². The molecule has 2 heterocycles. The Morgan fingerprint density at radius 2 is 2.54 bits per heavy atom. The van der Waals surface area contributed by atoms with E-state index in [1.165, 1.54) is 0 Å². The van der Waals surface area contributed by atoms with Crippen LogP contribution in [0.3, 0.4) is 0 Å². The van der Waals surface area contributed by atoms with E-state index in [4.69, 9.17) is 5.73 Å². The molecular weight excluding hydrogens is 164 g/mol. The second-order valence-electron chi connectivity index (χ2n) is 3.72. The maximum atomic E-state index is 5.51. The van der Waals surface area contributed by atoms with Gasteiger partial charge in [-0.05, 0) is 12.5 Å². The third kappa shape index (κ3) is 1.59. The van der Waals surface area contributed by atoms with Gasteiger partial charge in [0.1, 0.15) is 0 Å². The molecule has 0 amide bonds. The van der Waals surface area contributed by atoms with E-state index in [0.717, 1.165) is 18.8 Å². The van der Waals surface area contributed by atoms with Crippen LogP contribution in [-0.4, -0.2) is 22.6 Å². The van der Waals surface area contributed by atoms with Crippen LogP contribution in [0.4, 0.5) is 0 Å². The summed E-state index contributed by atoms with van der Waals surface area (Å²) in [7, 11) is 0. The lowest BCUT2D eigenvalue weighted by atomic mass is 10.1. The number of nitrogens with two attached hydrogens (primary N) is 1. The van der Waals surface area contributed by atoms with Gasteiger partial charge >= 0.3 is 0 Å². The molecule has 1 aliphatic heterocycles. The normalized spacial score (nSPS) is 28.2. The van der Waals surface area contributed by atoms with Gasteiger partial charge in [0.05, 0.1) is 18.1 Å². The van der Waals surface area contributed by atoms with E-state index < -0.39 is 0 Å². The number of imidazole rings is 1. The zero-order valence-corrected chi connectivity index (χ0v) is 7.90. The summed E-state index contributed by atoms with van der Waals surface area (Å²) in [5.74, 6) is 0.680. The SMILES string of the molecule is CC1CNCC1n1cnc(CN)c1. The molecule has 4 heteroatoms. The van der Waals surface area contributed by atoms with Crippen molar-refractivity contribution in [3.8, 4) is 0 Å². The zero-order valence-electron chi connectivity index (χ0n) is 7.90. The topological polar surface area (TPSA) is 55.9 Å². The van der Waals surface area contributed by atoms with Gasteiger partial charge in [0.15, 0.2) is 0 Å². The molecular formula is C9H16N4. The molecule has 0 aromatic carbocycles. The van der Waals surface area contributed by atoms with Crippen molar-refractivity contribution in [2.45, 2.75) is 19.5 Å². The first-order chi connectivity index (χ1) is 6.31. The van der Waals surface area contributed by atoms with Gasteiger partial charge in [-0.3, -0.25) is 0 Å². The molecule has 13 heavy (non-hydrogen) atoms. The molecule has 1 aromatic rings. The Hall–Kier alpha value is -0.870. The average Bonchev–Trinajstić information content (AvgIpc) is 2.71. The van der Waals surface area contributed by atoms with Crippen molar-refractivity contribution < 1.29 is 0 Å². The van der Waals surface area contributed by atoms with Crippen LogP contribution in [0.25, 0.3) is 0 Å². The summed E-state index contributed by atoms with van der Waals surface area (Å²) in [6.07, 6.45) is 3.94. The van der Waals surface area contributed by atoms with E-state index in [9.17, 15) is 0 Å². The van der Waals surface area contributed by atoms with E-state index in [0.29, 0.717) is 18.5 Å². The van der Waals surface area contributed by atoms with Gasteiger partial charge in [-0.2, -0.15) is 0 Å². The summed E-state index contributed by atoms with van der Waals surface area (Å²) in [5, 5.41) is 3.37. The van der Waals surface area contributed by atoms with Crippen LogP contribution in [0, 0.1) is 5.92 Å². The summed E-state index contributed by atoms with van der Waals surface area (Å²) in [5.41, 5.74) is 6.48. The fourth-order valence-corrected chi connectivity index (χ4v) is 1.86. The number of nitrogens with zero attached hydrogens (tertiary/aromatic N) is 2. The third-order valence-corrected chi connectivity index (χ3v) is 2.72. The second-order valence-corrected chi connectivity index (χ2v) is 3.72. The van der Waals surface area contributed by atoms with Gasteiger partial charge in [-0.15, -0.1) is 0 Å². The monoisotopic (exact) mass is 180 g/mol. The van der Waals surface area contributed by atoms with Gasteiger partial charge in [-0.25, -0.2) is 4.98 Å². The van der Waals surface area contributed by atoms with Crippen LogP contribution in [0.5, 0.6) is 0 Å². The molecule has 2 atom stereocenters. The summed E-state index contributed by atoms with van der Waals surface area (Å²) < 4.78 is 2.17. The molecule has 0 aliphatic carbocycles. The first-order valence-electron chi connectivity index (χ1n) is 4.74. The molecule has 2 unspecified atom stereocenters. The number of rotatable bonds is 2. The van der Waals surface area contributed by atoms with Crippen LogP contribution < -0.4 is 11.1 Å². The van der Waals surface area contributed by atoms with Gasteiger partial charge < -0.3 is 15.6 Å². The molecule has 1 saturated heterocycles. The highest BCUT2D eigenvalue weighted by atomic mass is 15.1. The number of aromatic nitrogens is 2. The number of hydrogen-bond acceptors (Lipinski definition) is 3. The zero-order chi connectivity index (χ0) is 9.26. The Morgan fingerprint density at radius 3 is 3.08 bits per heavy atom. The van der Waals surface area contributed by atoms with Crippen LogP contribution in [0.2, 0.25) is 0 Å². The Labute approximate surface area is 78.1 Å². The Morgan fingerprint density at radius 1 is 1.69 bits per heavy atom. The summed E-state index contributed by atoms with van der Waals surface area (Å²) >= 11 is 0. The average molecular weight is 180 g/mol. The molecule has 0 radical (unpaired) electrons. The smallest absolute Gasteiger partial charge is 0.0953 e. The number of hydrogen-bond donors (Lipinski definition) is 2. The highest BCUT2D eigenvalue weighted by Gasteiger charge is 2.24. The molecule has 3 N–H and O–H groups in total. The van der Waals surface area contributed by atoms with Crippen molar-refractivity contribution in [1.29, 1.82) is 0 Å². The largest absolute Gasteiger partial charge is 0.332 e. The Balaban J connectivity index is 2.15. The highest BCUT2D eigenvalue weighted by Crippen LogP contribution is 2.21. The van der Waals surface area contributed by atoms with Crippen LogP contribution >= 0.6 is 0 Å². The van der Waals surface area contributed by atoms with Gasteiger partial charge in [-0.1, -0.05) is 6.92 Å². The van der Waals surface area contributed by atoms with Crippen molar-refractivity contribution in [1.82, 2.24) is 14.9 Å². The van der Waals surface area contributed by atoms with Crippen molar-refractivity contribution >= 4 is 0 Å². The van der Waals surface area contributed by atoms with Crippen LogP contribution in [0.15, 0.2) is 12.5 Å². The number of nitrogens with one attached hydrogen (secondary N) is 1. The van der Waals surface area contributed by atoms with E-state index in [-0.39, 0.29) is 0 Å². The van der Waals surface area contributed by atoms with E-state index in [1.54, 1.807) is 0 Å². The summed E-state index contributed by atoms with van der Waals surface area (Å²) in [6, 6.07) is 0.549. The maximum absolute atomic E-state index is 5.51. The quantitative estimate of drug-likeness (QED) is 0.680. The minimum atomic E-state index is 0.529. The minimum Gasteiger partial charge on any atom is -0.332 e. The van der Waals surface area contributed by atoms with Crippen LogP contribution in [-0.2, 0) is 6.54 Å². The van der Waals surface area contributed by atoms with Gasteiger partial charge in [0, 0.05) is 19.3 Å². The molecule has 1 fully saturated rings. The van der Waals surface area contributed by atoms with Crippen molar-refractivity contribution in [2.24, 2.45) is 11.7 Å². The molecule has 4 nitrogen and oxygen atoms in total. The third-order valence-electron chi connectivity index (χ3n) is 2.72. The minimum absolute atomic E-state index is 0.529.